The molecule has 3 aromatic rings. The van der Waals surface area contributed by atoms with Crippen LogP contribution in [0.4, 0.5) is 37.3 Å². The van der Waals surface area contributed by atoms with Crippen molar-refractivity contribution in [3.8, 4) is 0 Å². The largest absolute Gasteiger partial charge is 0.378 e. The highest BCUT2D eigenvalue weighted by molar-refractivity contribution is 7.92. The van der Waals surface area contributed by atoms with Gasteiger partial charge in [-0.25, -0.2) is 27.2 Å². The lowest BCUT2D eigenvalue weighted by Crippen LogP contribution is -2.51. The van der Waals surface area contributed by atoms with Gasteiger partial charge in [-0.2, -0.15) is 0 Å². The molecular formula is C23H27F2N7O4S. The van der Waals surface area contributed by atoms with E-state index in [1.54, 1.807) is 19.2 Å². The molecule has 2 aliphatic rings. The molecule has 0 atom stereocenters. The van der Waals surface area contributed by atoms with Crippen LogP contribution < -0.4 is 20.3 Å². The Balaban J connectivity index is 1.52. The van der Waals surface area contributed by atoms with E-state index in [-0.39, 0.29) is 46.4 Å². The third kappa shape index (κ3) is 5.44. The van der Waals surface area contributed by atoms with Crippen LogP contribution in [0.1, 0.15) is 32.0 Å². The van der Waals surface area contributed by atoms with E-state index >= 15 is 0 Å². The van der Waals surface area contributed by atoms with E-state index in [9.17, 15) is 22.0 Å². The monoisotopic (exact) mass is 535 g/mol. The first-order valence-corrected chi connectivity index (χ1v) is 13.5. The molecule has 1 aliphatic carbocycles. The molecule has 3 heterocycles. The standard InChI is InChI=1S/C23H27F2N7O4S/c1-3-37(34,35)31-16-8-13(32-10-14(11-32)36-2)6-7-15(16)26-17-9-18(28-23(33)12-4-5-12)27-21-19(17)29-22(30-21)20(24)25/h6-9,12,14,20,31H,3-5,10-11H2,1-2H3,(H3,26,27,28,29,30,33). The minimum absolute atomic E-state index is 0.00936. The number of aromatic nitrogens is 3. The molecule has 0 unspecified atom stereocenters. The number of imidazole rings is 1. The van der Waals surface area contributed by atoms with Gasteiger partial charge in [0.25, 0.3) is 6.43 Å². The number of nitrogens with one attached hydrogen (secondary N) is 4. The average molecular weight is 536 g/mol. The number of H-pyrrole nitrogens is 1. The zero-order valence-corrected chi connectivity index (χ0v) is 21.0. The summed E-state index contributed by atoms with van der Waals surface area (Å²) in [6.45, 7) is 2.86. The number of carbonyl (C=O) groups excluding carboxylic acids is 1. The van der Waals surface area contributed by atoms with Gasteiger partial charge in [0.15, 0.2) is 11.5 Å². The molecule has 11 nitrogen and oxygen atoms in total. The van der Waals surface area contributed by atoms with Crippen LogP contribution in [-0.4, -0.2) is 61.3 Å². The van der Waals surface area contributed by atoms with Crippen LogP contribution in [0.3, 0.4) is 0 Å². The maximum absolute atomic E-state index is 13.4. The number of carbonyl (C=O) groups is 1. The predicted molar refractivity (Wildman–Crippen MR) is 136 cm³/mol. The second-order valence-corrected chi connectivity index (χ2v) is 11.1. The fourth-order valence-electron chi connectivity index (χ4n) is 3.95. The Morgan fingerprint density at radius 2 is 1.95 bits per heavy atom. The maximum atomic E-state index is 13.4. The number of hydrogen-bond donors (Lipinski definition) is 4. The summed E-state index contributed by atoms with van der Waals surface area (Å²) >= 11 is 0. The van der Waals surface area contributed by atoms with Crippen LogP contribution >= 0.6 is 0 Å². The summed E-state index contributed by atoms with van der Waals surface area (Å²) in [5.74, 6) is -0.846. The van der Waals surface area contributed by atoms with Gasteiger partial charge in [0.1, 0.15) is 11.3 Å². The molecule has 0 spiro atoms. The number of pyridine rings is 1. The molecule has 1 saturated heterocycles. The number of ether oxygens (including phenoxy) is 1. The van der Waals surface area contributed by atoms with E-state index in [0.717, 1.165) is 18.5 Å². The Morgan fingerprint density at radius 1 is 1.19 bits per heavy atom. The number of anilines is 5. The minimum atomic E-state index is -3.63. The lowest BCUT2D eigenvalue weighted by atomic mass is 10.1. The molecule has 4 N–H and O–H groups in total. The molecule has 0 radical (unpaired) electrons. The summed E-state index contributed by atoms with van der Waals surface area (Å²) in [6, 6.07) is 6.72. The van der Waals surface area contributed by atoms with Crippen molar-refractivity contribution >= 4 is 55.7 Å². The number of fused-ring (bicyclic) bond motifs is 1. The van der Waals surface area contributed by atoms with Crippen LogP contribution in [0.15, 0.2) is 24.3 Å². The van der Waals surface area contributed by atoms with Crippen molar-refractivity contribution in [1.82, 2.24) is 15.0 Å². The number of sulfonamides is 1. The second kappa shape index (κ2) is 9.74. The summed E-state index contributed by atoms with van der Waals surface area (Å²) in [6.07, 6.45) is -1.18. The fraction of sp³-hybridized carbons (Fsp3) is 0.435. The van der Waals surface area contributed by atoms with Crippen LogP contribution in [0.5, 0.6) is 0 Å². The molecule has 1 saturated carbocycles. The van der Waals surface area contributed by atoms with E-state index in [1.165, 1.54) is 13.0 Å². The summed E-state index contributed by atoms with van der Waals surface area (Å²) in [7, 11) is -1.99. The Hall–Kier alpha value is -3.52. The summed E-state index contributed by atoms with van der Waals surface area (Å²) in [5.41, 5.74) is 1.94. The fourth-order valence-corrected chi connectivity index (χ4v) is 4.60. The van der Waals surface area contributed by atoms with Crippen LogP contribution in [0.2, 0.25) is 0 Å². The average Bonchev–Trinajstić information content (AvgIpc) is 3.58. The number of benzene rings is 1. The second-order valence-electron chi connectivity index (χ2n) is 9.06. The van der Waals surface area contributed by atoms with Crippen molar-refractivity contribution in [2.75, 3.05) is 46.2 Å². The van der Waals surface area contributed by atoms with Crippen molar-refractivity contribution in [3.63, 3.8) is 0 Å². The molecule has 198 valence electrons. The summed E-state index contributed by atoms with van der Waals surface area (Å²) < 4.78 is 59.6. The van der Waals surface area contributed by atoms with Crippen molar-refractivity contribution < 1.29 is 26.7 Å². The van der Waals surface area contributed by atoms with E-state index < -0.39 is 22.3 Å². The molecule has 0 bridgehead atoms. The number of alkyl halides is 2. The Morgan fingerprint density at radius 3 is 2.59 bits per heavy atom. The zero-order valence-electron chi connectivity index (χ0n) is 20.2. The van der Waals surface area contributed by atoms with Crippen LogP contribution in [-0.2, 0) is 19.6 Å². The molecule has 37 heavy (non-hydrogen) atoms. The predicted octanol–water partition coefficient (Wildman–Crippen LogP) is 3.58. The maximum Gasteiger partial charge on any atom is 0.295 e. The first-order valence-electron chi connectivity index (χ1n) is 11.8. The third-order valence-corrected chi connectivity index (χ3v) is 7.64. The Labute approximate surface area is 212 Å². The van der Waals surface area contributed by atoms with E-state index in [2.05, 4.69) is 30.3 Å². The highest BCUT2D eigenvalue weighted by Gasteiger charge is 2.30. The van der Waals surface area contributed by atoms with Gasteiger partial charge in [0.2, 0.25) is 15.9 Å². The number of aromatic amines is 1. The van der Waals surface area contributed by atoms with Crippen LogP contribution in [0, 0.1) is 5.92 Å². The van der Waals surface area contributed by atoms with Crippen LogP contribution in [0.25, 0.3) is 11.2 Å². The normalized spacial score (nSPS) is 16.2. The van der Waals surface area contributed by atoms with Gasteiger partial charge < -0.3 is 25.3 Å². The molecule has 1 amide bonds. The SMILES string of the molecule is CCS(=O)(=O)Nc1cc(N2CC(OC)C2)ccc1Nc1cc(NC(=O)C2CC2)nc2nc(C(F)F)[nH]c12. The number of halogens is 2. The van der Waals surface area contributed by atoms with Crippen molar-refractivity contribution in [3.05, 3.63) is 30.1 Å². The van der Waals surface area contributed by atoms with Gasteiger partial charge in [-0.05, 0) is 38.0 Å². The van der Waals surface area contributed by atoms with Gasteiger partial charge in [-0.3, -0.25) is 9.52 Å². The highest BCUT2D eigenvalue weighted by atomic mass is 32.2. The van der Waals surface area contributed by atoms with E-state index in [4.69, 9.17) is 4.74 Å². The van der Waals surface area contributed by atoms with Crippen molar-refractivity contribution in [2.24, 2.45) is 5.92 Å². The van der Waals surface area contributed by atoms with E-state index in [1.807, 2.05) is 11.0 Å². The molecule has 14 heteroatoms. The van der Waals surface area contributed by atoms with Gasteiger partial charge in [-0.15, -0.1) is 0 Å². The summed E-state index contributed by atoms with van der Waals surface area (Å²) in [5, 5.41) is 5.83. The molecule has 2 fully saturated rings. The zero-order chi connectivity index (χ0) is 26.3. The van der Waals surface area contributed by atoms with Gasteiger partial charge in [-0.1, -0.05) is 0 Å². The van der Waals surface area contributed by atoms with Gasteiger partial charge in [0.05, 0.1) is 28.9 Å². The number of rotatable bonds is 10. The quantitative estimate of drug-likeness (QED) is 0.309. The minimum Gasteiger partial charge on any atom is -0.378 e. The molecule has 1 aliphatic heterocycles. The lowest BCUT2D eigenvalue weighted by Gasteiger charge is -2.40. The van der Waals surface area contributed by atoms with Gasteiger partial charge in [0, 0.05) is 37.9 Å². The number of amides is 1. The van der Waals surface area contributed by atoms with Gasteiger partial charge >= 0.3 is 0 Å². The molecular weight excluding hydrogens is 508 g/mol. The van der Waals surface area contributed by atoms with E-state index in [0.29, 0.717) is 24.5 Å². The number of hydrogen-bond acceptors (Lipinski definition) is 8. The Bertz CT molecular complexity index is 1440. The van der Waals surface area contributed by atoms with Crippen molar-refractivity contribution in [2.45, 2.75) is 32.3 Å². The highest BCUT2D eigenvalue weighted by Crippen LogP contribution is 2.36. The third-order valence-electron chi connectivity index (χ3n) is 6.35. The first-order chi connectivity index (χ1) is 17.7. The lowest BCUT2D eigenvalue weighted by molar-refractivity contribution is -0.117. The number of methoxy groups -OCH3 is 1. The molecule has 1 aromatic carbocycles. The summed E-state index contributed by atoms with van der Waals surface area (Å²) in [4.78, 5) is 25.0. The smallest absolute Gasteiger partial charge is 0.295 e. The first kappa shape index (κ1) is 25.1. The molecule has 2 aromatic heterocycles. The van der Waals surface area contributed by atoms with Crippen molar-refractivity contribution in [1.29, 1.82) is 0 Å². The Kier molecular flexibility index (Phi) is 6.62. The molecule has 5 rings (SSSR count). The topological polar surface area (TPSA) is 141 Å². The number of nitrogens with zero attached hydrogens (tertiary/aromatic N) is 3.